The van der Waals surface area contributed by atoms with Crippen LogP contribution in [0.25, 0.3) is 10.8 Å². The Morgan fingerprint density at radius 1 is 0.536 bits per heavy atom. The molecule has 0 spiro atoms. The van der Waals surface area contributed by atoms with Crippen molar-refractivity contribution in [1.82, 2.24) is 0 Å². The number of hydrogen-bond donors (Lipinski definition) is 2. The summed E-state index contributed by atoms with van der Waals surface area (Å²) in [5, 5.41) is 22.0. The van der Waals surface area contributed by atoms with Gasteiger partial charge in [0, 0.05) is 23.6 Å². The SMILES string of the molecule is Oc1ccccc1/C=N\c1cc2ccccc2cc1/N=C/c1ccccc1O. The van der Waals surface area contributed by atoms with E-state index in [-0.39, 0.29) is 11.5 Å². The van der Waals surface area contributed by atoms with Crippen LogP contribution < -0.4 is 0 Å². The number of aromatic hydroxyl groups is 2. The Morgan fingerprint density at radius 3 is 1.36 bits per heavy atom. The lowest BCUT2D eigenvalue weighted by atomic mass is 10.1. The second-order valence-electron chi connectivity index (χ2n) is 6.32. The van der Waals surface area contributed by atoms with Gasteiger partial charge in [0.1, 0.15) is 11.5 Å². The monoisotopic (exact) mass is 366 g/mol. The smallest absolute Gasteiger partial charge is 0.124 e. The first-order valence-corrected chi connectivity index (χ1v) is 8.87. The summed E-state index contributed by atoms with van der Waals surface area (Å²) in [6.45, 7) is 0. The van der Waals surface area contributed by atoms with Gasteiger partial charge >= 0.3 is 0 Å². The quantitative estimate of drug-likeness (QED) is 0.452. The molecule has 0 atom stereocenters. The average molecular weight is 366 g/mol. The van der Waals surface area contributed by atoms with E-state index in [1.807, 2.05) is 48.5 Å². The zero-order chi connectivity index (χ0) is 19.3. The van der Waals surface area contributed by atoms with Gasteiger partial charge in [0.05, 0.1) is 11.4 Å². The Bertz CT molecular complexity index is 1100. The van der Waals surface area contributed by atoms with Crippen LogP contribution in [-0.2, 0) is 0 Å². The minimum atomic E-state index is 0.172. The summed E-state index contributed by atoms with van der Waals surface area (Å²) in [5.41, 5.74) is 2.61. The number of nitrogens with zero attached hydrogens (tertiary/aromatic N) is 2. The topological polar surface area (TPSA) is 65.2 Å². The van der Waals surface area contributed by atoms with Crippen molar-refractivity contribution in [2.75, 3.05) is 0 Å². The van der Waals surface area contributed by atoms with Crippen molar-refractivity contribution in [3.8, 4) is 11.5 Å². The number of para-hydroxylation sites is 2. The van der Waals surface area contributed by atoms with Crippen LogP contribution in [0.3, 0.4) is 0 Å². The molecule has 4 aromatic rings. The van der Waals surface area contributed by atoms with E-state index in [9.17, 15) is 10.2 Å². The van der Waals surface area contributed by atoms with Crippen molar-refractivity contribution in [2.24, 2.45) is 9.98 Å². The first kappa shape index (κ1) is 17.5. The maximum Gasteiger partial charge on any atom is 0.124 e. The van der Waals surface area contributed by atoms with Gasteiger partial charge in [-0.1, -0.05) is 48.5 Å². The molecule has 136 valence electrons. The normalized spacial score (nSPS) is 11.6. The van der Waals surface area contributed by atoms with E-state index in [2.05, 4.69) is 9.98 Å². The molecule has 0 aliphatic heterocycles. The molecule has 0 unspecified atom stereocenters. The van der Waals surface area contributed by atoms with Crippen molar-refractivity contribution >= 4 is 34.6 Å². The number of rotatable bonds is 4. The number of aliphatic imine (C=N–C) groups is 2. The van der Waals surface area contributed by atoms with E-state index in [0.717, 1.165) is 10.8 Å². The van der Waals surface area contributed by atoms with Gasteiger partial charge in [-0.2, -0.15) is 0 Å². The molecule has 4 nitrogen and oxygen atoms in total. The second kappa shape index (κ2) is 7.76. The van der Waals surface area contributed by atoms with Gasteiger partial charge in [-0.15, -0.1) is 0 Å². The van der Waals surface area contributed by atoms with Crippen molar-refractivity contribution in [3.63, 3.8) is 0 Å². The predicted octanol–water partition coefficient (Wildman–Crippen LogP) is 5.75. The fourth-order valence-corrected chi connectivity index (χ4v) is 2.89. The summed E-state index contributed by atoms with van der Waals surface area (Å²) < 4.78 is 0. The Kier molecular flexibility index (Phi) is 4.85. The molecule has 0 aromatic heterocycles. The van der Waals surface area contributed by atoms with Crippen LogP contribution in [0.5, 0.6) is 11.5 Å². The number of hydrogen-bond acceptors (Lipinski definition) is 4. The molecule has 28 heavy (non-hydrogen) atoms. The van der Waals surface area contributed by atoms with E-state index in [1.54, 1.807) is 48.8 Å². The van der Waals surface area contributed by atoms with E-state index in [0.29, 0.717) is 22.5 Å². The van der Waals surface area contributed by atoms with E-state index in [4.69, 9.17) is 0 Å². The third-order valence-corrected chi connectivity index (χ3v) is 4.40. The van der Waals surface area contributed by atoms with E-state index >= 15 is 0 Å². The van der Waals surface area contributed by atoms with Crippen LogP contribution >= 0.6 is 0 Å². The Labute approximate surface area is 162 Å². The highest BCUT2D eigenvalue weighted by atomic mass is 16.3. The zero-order valence-corrected chi connectivity index (χ0v) is 15.0. The molecular formula is C24H18N2O2. The van der Waals surface area contributed by atoms with Crippen molar-refractivity contribution in [2.45, 2.75) is 0 Å². The summed E-state index contributed by atoms with van der Waals surface area (Å²) in [6.07, 6.45) is 3.25. The summed E-state index contributed by atoms with van der Waals surface area (Å²) in [6, 6.07) is 26.0. The van der Waals surface area contributed by atoms with E-state index in [1.165, 1.54) is 0 Å². The largest absolute Gasteiger partial charge is 0.507 e. The fourth-order valence-electron chi connectivity index (χ4n) is 2.89. The van der Waals surface area contributed by atoms with Gasteiger partial charge < -0.3 is 10.2 Å². The Morgan fingerprint density at radius 2 is 0.929 bits per heavy atom. The second-order valence-corrected chi connectivity index (χ2v) is 6.32. The van der Waals surface area contributed by atoms with Gasteiger partial charge in [0.15, 0.2) is 0 Å². The first-order valence-electron chi connectivity index (χ1n) is 8.87. The maximum absolute atomic E-state index is 9.96. The highest BCUT2D eigenvalue weighted by molar-refractivity contribution is 5.95. The minimum Gasteiger partial charge on any atom is -0.507 e. The molecule has 4 rings (SSSR count). The molecule has 0 amide bonds. The lowest BCUT2D eigenvalue weighted by Gasteiger charge is -2.05. The highest BCUT2D eigenvalue weighted by Gasteiger charge is 2.04. The van der Waals surface area contributed by atoms with Crippen LogP contribution in [0.4, 0.5) is 11.4 Å². The number of phenols is 2. The molecule has 0 bridgehead atoms. The molecule has 4 aromatic carbocycles. The van der Waals surface area contributed by atoms with Crippen molar-refractivity contribution in [3.05, 3.63) is 96.1 Å². The third kappa shape index (κ3) is 3.76. The Balaban J connectivity index is 1.79. The van der Waals surface area contributed by atoms with E-state index < -0.39 is 0 Å². The molecule has 0 saturated heterocycles. The van der Waals surface area contributed by atoms with Crippen molar-refractivity contribution < 1.29 is 10.2 Å². The standard InChI is InChI=1S/C24H18N2O2/c27-23-11-5-3-9-19(23)15-25-21-13-17-7-1-2-8-18(17)14-22(21)26-16-20-10-4-6-12-24(20)28/h1-16,27-28H/b25-15-,26-16+. The third-order valence-electron chi connectivity index (χ3n) is 4.40. The summed E-state index contributed by atoms with van der Waals surface area (Å²) in [4.78, 5) is 9.12. The molecule has 0 saturated carbocycles. The molecule has 0 heterocycles. The van der Waals surface area contributed by atoms with Crippen LogP contribution in [0.2, 0.25) is 0 Å². The lowest BCUT2D eigenvalue weighted by molar-refractivity contribution is 0.474. The fraction of sp³-hybridized carbons (Fsp3) is 0. The molecule has 0 radical (unpaired) electrons. The van der Waals surface area contributed by atoms with Gasteiger partial charge in [-0.05, 0) is 47.2 Å². The zero-order valence-electron chi connectivity index (χ0n) is 15.0. The summed E-state index contributed by atoms with van der Waals surface area (Å²) in [7, 11) is 0. The minimum absolute atomic E-state index is 0.172. The van der Waals surface area contributed by atoms with Gasteiger partial charge in [-0.25, -0.2) is 0 Å². The molecular weight excluding hydrogens is 348 g/mol. The molecule has 4 heteroatoms. The van der Waals surface area contributed by atoms with Crippen LogP contribution in [0, 0.1) is 0 Å². The number of fused-ring (bicyclic) bond motifs is 1. The molecule has 0 fully saturated rings. The molecule has 0 aliphatic rings. The highest BCUT2D eigenvalue weighted by Crippen LogP contribution is 2.33. The molecule has 2 N–H and O–H groups in total. The van der Waals surface area contributed by atoms with Gasteiger partial charge in [0.2, 0.25) is 0 Å². The van der Waals surface area contributed by atoms with Gasteiger partial charge in [-0.3, -0.25) is 9.98 Å². The first-order chi connectivity index (χ1) is 13.7. The van der Waals surface area contributed by atoms with Crippen LogP contribution in [0.1, 0.15) is 11.1 Å². The number of benzene rings is 4. The van der Waals surface area contributed by atoms with Gasteiger partial charge in [0.25, 0.3) is 0 Å². The summed E-state index contributed by atoms with van der Waals surface area (Å²) >= 11 is 0. The van der Waals surface area contributed by atoms with Crippen LogP contribution in [-0.4, -0.2) is 22.6 Å². The lowest BCUT2D eigenvalue weighted by Crippen LogP contribution is -1.83. The molecule has 0 aliphatic carbocycles. The van der Waals surface area contributed by atoms with Crippen LogP contribution in [0.15, 0.2) is 94.9 Å². The average Bonchev–Trinajstić information content (AvgIpc) is 2.72. The summed E-state index contributed by atoms with van der Waals surface area (Å²) in [5.74, 6) is 0.345. The van der Waals surface area contributed by atoms with Crippen molar-refractivity contribution in [1.29, 1.82) is 0 Å². The maximum atomic E-state index is 9.96. The number of phenolic OH excluding ortho intramolecular Hbond substituents is 2. The predicted molar refractivity (Wildman–Crippen MR) is 115 cm³/mol. The Hall–Kier alpha value is -3.92.